The number of hydrogen-bond acceptors (Lipinski definition) is 2. The third-order valence-corrected chi connectivity index (χ3v) is 3.38. The minimum atomic E-state index is -0.396. The fraction of sp³-hybridized carbons (Fsp3) is 0.571. The summed E-state index contributed by atoms with van der Waals surface area (Å²) in [5, 5.41) is 13.3. The third kappa shape index (κ3) is 2.76. The molecule has 1 unspecified atom stereocenters. The average Bonchev–Trinajstić information content (AvgIpc) is 2.31. The smallest absolute Gasteiger partial charge is 0.0781 e. The number of benzene rings is 1. The predicted molar refractivity (Wildman–Crippen MR) is 67.6 cm³/mol. The van der Waals surface area contributed by atoms with Gasteiger partial charge in [-0.2, -0.15) is 0 Å². The number of rotatable bonds is 3. The van der Waals surface area contributed by atoms with Crippen LogP contribution >= 0.6 is 0 Å². The molecule has 2 nitrogen and oxygen atoms in total. The lowest BCUT2D eigenvalue weighted by molar-refractivity contribution is 0.200. The maximum atomic E-state index is 9.69. The van der Waals surface area contributed by atoms with Crippen LogP contribution in [-0.4, -0.2) is 11.1 Å². The van der Waals surface area contributed by atoms with E-state index < -0.39 is 6.10 Å². The zero-order valence-corrected chi connectivity index (χ0v) is 9.95. The summed E-state index contributed by atoms with van der Waals surface area (Å²) >= 11 is 0. The summed E-state index contributed by atoms with van der Waals surface area (Å²) in [5.41, 5.74) is 2.11. The minimum absolute atomic E-state index is 0.396. The van der Waals surface area contributed by atoms with Crippen LogP contribution in [0.15, 0.2) is 24.3 Å². The molecule has 1 fully saturated rings. The van der Waals surface area contributed by atoms with Crippen LogP contribution in [0.1, 0.15) is 50.7 Å². The molecule has 0 bridgehead atoms. The molecule has 2 N–H and O–H groups in total. The molecule has 0 heterocycles. The first-order chi connectivity index (χ1) is 7.77. The Labute approximate surface area is 97.7 Å². The molecule has 0 saturated heterocycles. The summed E-state index contributed by atoms with van der Waals surface area (Å²) in [7, 11) is 0. The molecule has 1 aromatic rings. The average molecular weight is 219 g/mol. The van der Waals surface area contributed by atoms with Crippen molar-refractivity contribution in [3.8, 4) is 0 Å². The summed E-state index contributed by atoms with van der Waals surface area (Å²) < 4.78 is 0. The van der Waals surface area contributed by atoms with Crippen molar-refractivity contribution >= 4 is 5.69 Å². The van der Waals surface area contributed by atoms with Crippen LogP contribution in [-0.2, 0) is 0 Å². The lowest BCUT2D eigenvalue weighted by Crippen LogP contribution is -2.23. The number of aliphatic hydroxyl groups is 1. The molecule has 16 heavy (non-hydrogen) atoms. The van der Waals surface area contributed by atoms with E-state index >= 15 is 0 Å². The van der Waals surface area contributed by atoms with Gasteiger partial charge in [0.25, 0.3) is 0 Å². The van der Waals surface area contributed by atoms with Crippen molar-refractivity contribution in [2.24, 2.45) is 0 Å². The summed E-state index contributed by atoms with van der Waals surface area (Å²) in [6.07, 6.45) is 6.15. The van der Waals surface area contributed by atoms with Gasteiger partial charge < -0.3 is 10.4 Å². The van der Waals surface area contributed by atoms with Gasteiger partial charge in [0.2, 0.25) is 0 Å². The van der Waals surface area contributed by atoms with Crippen molar-refractivity contribution in [2.45, 2.75) is 51.2 Å². The minimum Gasteiger partial charge on any atom is -0.389 e. The number of anilines is 1. The molecule has 1 atom stereocenters. The first kappa shape index (κ1) is 11.5. The zero-order chi connectivity index (χ0) is 11.4. The first-order valence-corrected chi connectivity index (χ1v) is 6.31. The molecule has 1 aromatic carbocycles. The van der Waals surface area contributed by atoms with Crippen LogP contribution < -0.4 is 5.32 Å². The van der Waals surface area contributed by atoms with Crippen molar-refractivity contribution in [2.75, 3.05) is 5.32 Å². The lowest BCUT2D eigenvalue weighted by Gasteiger charge is -2.25. The van der Waals surface area contributed by atoms with E-state index in [2.05, 4.69) is 11.4 Å². The number of aliphatic hydroxyl groups excluding tert-OH is 1. The quantitative estimate of drug-likeness (QED) is 0.815. The van der Waals surface area contributed by atoms with E-state index in [-0.39, 0.29) is 0 Å². The van der Waals surface area contributed by atoms with E-state index in [1.165, 1.54) is 32.1 Å². The SMILES string of the molecule is CC(O)c1ccccc1NC1CCCCC1. The predicted octanol–water partition coefficient (Wildman–Crippen LogP) is 3.48. The Kier molecular flexibility index (Phi) is 3.83. The second-order valence-electron chi connectivity index (χ2n) is 4.74. The second-order valence-corrected chi connectivity index (χ2v) is 4.74. The summed E-state index contributed by atoms with van der Waals surface area (Å²) in [5.74, 6) is 0. The second kappa shape index (κ2) is 5.35. The molecule has 2 heteroatoms. The van der Waals surface area contributed by atoms with E-state index in [9.17, 15) is 5.11 Å². The van der Waals surface area contributed by atoms with Crippen LogP contribution in [0.3, 0.4) is 0 Å². The third-order valence-electron chi connectivity index (χ3n) is 3.38. The number of para-hydroxylation sites is 1. The molecular formula is C14H21NO. The molecule has 0 amide bonds. The molecule has 1 aliphatic carbocycles. The van der Waals surface area contributed by atoms with Gasteiger partial charge in [0, 0.05) is 17.3 Å². The van der Waals surface area contributed by atoms with Gasteiger partial charge in [0.1, 0.15) is 0 Å². The molecule has 0 aromatic heterocycles. The molecule has 0 aliphatic heterocycles. The number of hydrogen-bond donors (Lipinski definition) is 2. The van der Waals surface area contributed by atoms with Crippen LogP contribution in [0.25, 0.3) is 0 Å². The summed E-state index contributed by atoms with van der Waals surface area (Å²) in [4.78, 5) is 0. The first-order valence-electron chi connectivity index (χ1n) is 6.31. The van der Waals surface area contributed by atoms with E-state index in [0.29, 0.717) is 6.04 Å². The lowest BCUT2D eigenvalue weighted by atomic mass is 9.95. The Morgan fingerprint density at radius 1 is 1.19 bits per heavy atom. The highest BCUT2D eigenvalue weighted by Gasteiger charge is 2.15. The van der Waals surface area contributed by atoms with E-state index in [1.807, 2.05) is 25.1 Å². The van der Waals surface area contributed by atoms with Crippen molar-refractivity contribution in [3.05, 3.63) is 29.8 Å². The maximum Gasteiger partial charge on any atom is 0.0781 e. The fourth-order valence-corrected chi connectivity index (χ4v) is 2.46. The van der Waals surface area contributed by atoms with Gasteiger partial charge in [-0.1, -0.05) is 37.5 Å². The Bertz CT molecular complexity index is 329. The van der Waals surface area contributed by atoms with Crippen molar-refractivity contribution in [3.63, 3.8) is 0 Å². The van der Waals surface area contributed by atoms with Crippen molar-refractivity contribution in [1.82, 2.24) is 0 Å². The van der Waals surface area contributed by atoms with E-state index in [1.54, 1.807) is 0 Å². The van der Waals surface area contributed by atoms with Crippen LogP contribution in [0, 0.1) is 0 Å². The van der Waals surface area contributed by atoms with Gasteiger partial charge in [-0.05, 0) is 25.8 Å². The fourth-order valence-electron chi connectivity index (χ4n) is 2.46. The molecule has 0 radical (unpaired) electrons. The van der Waals surface area contributed by atoms with Gasteiger partial charge in [-0.25, -0.2) is 0 Å². The van der Waals surface area contributed by atoms with Crippen LogP contribution in [0.2, 0.25) is 0 Å². The molecule has 88 valence electrons. The summed E-state index contributed by atoms with van der Waals surface area (Å²) in [6, 6.07) is 8.66. The van der Waals surface area contributed by atoms with Crippen molar-refractivity contribution < 1.29 is 5.11 Å². The van der Waals surface area contributed by atoms with Gasteiger partial charge in [0.15, 0.2) is 0 Å². The normalized spacial score (nSPS) is 19.4. The Morgan fingerprint density at radius 2 is 1.88 bits per heavy atom. The Balaban J connectivity index is 2.07. The standard InChI is InChI=1S/C14H21NO/c1-11(16)13-9-5-6-10-14(13)15-12-7-3-2-4-8-12/h5-6,9-12,15-16H,2-4,7-8H2,1H3. The van der Waals surface area contributed by atoms with Gasteiger partial charge in [-0.15, -0.1) is 0 Å². The largest absolute Gasteiger partial charge is 0.389 e. The van der Waals surface area contributed by atoms with Gasteiger partial charge >= 0.3 is 0 Å². The molecule has 1 aliphatic rings. The van der Waals surface area contributed by atoms with E-state index in [0.717, 1.165) is 11.3 Å². The van der Waals surface area contributed by atoms with Gasteiger partial charge in [-0.3, -0.25) is 0 Å². The topological polar surface area (TPSA) is 32.3 Å². The molecule has 2 rings (SSSR count). The Morgan fingerprint density at radius 3 is 2.56 bits per heavy atom. The Hall–Kier alpha value is -1.02. The highest BCUT2D eigenvalue weighted by Crippen LogP contribution is 2.26. The molecule has 1 saturated carbocycles. The van der Waals surface area contributed by atoms with Crippen LogP contribution in [0.4, 0.5) is 5.69 Å². The van der Waals surface area contributed by atoms with E-state index in [4.69, 9.17) is 0 Å². The highest BCUT2D eigenvalue weighted by molar-refractivity contribution is 5.52. The molecule has 0 spiro atoms. The van der Waals surface area contributed by atoms with Crippen LogP contribution in [0.5, 0.6) is 0 Å². The van der Waals surface area contributed by atoms with Gasteiger partial charge in [0.05, 0.1) is 6.10 Å². The molecular weight excluding hydrogens is 198 g/mol. The number of nitrogens with one attached hydrogen (secondary N) is 1. The highest BCUT2D eigenvalue weighted by atomic mass is 16.3. The zero-order valence-electron chi connectivity index (χ0n) is 9.95. The monoisotopic (exact) mass is 219 g/mol. The summed E-state index contributed by atoms with van der Waals surface area (Å²) in [6.45, 7) is 1.82. The van der Waals surface area contributed by atoms with Crippen molar-refractivity contribution in [1.29, 1.82) is 0 Å². The maximum absolute atomic E-state index is 9.69.